The van der Waals surface area contributed by atoms with Crippen molar-refractivity contribution in [2.45, 2.75) is 45.2 Å². The molecule has 2 aliphatic heterocycles. The molecule has 2 atom stereocenters. The van der Waals surface area contributed by atoms with E-state index in [1.165, 1.54) is 0 Å². The van der Waals surface area contributed by atoms with Crippen molar-refractivity contribution in [3.63, 3.8) is 0 Å². The number of benzene rings is 2. The predicted molar refractivity (Wildman–Crippen MR) is 118 cm³/mol. The van der Waals surface area contributed by atoms with Crippen molar-refractivity contribution in [1.82, 2.24) is 10.2 Å². The van der Waals surface area contributed by atoms with Crippen molar-refractivity contribution in [3.8, 4) is 11.5 Å². The summed E-state index contributed by atoms with van der Waals surface area (Å²) in [6, 6.07) is 15.9. The molecule has 2 aromatic rings. The van der Waals surface area contributed by atoms with Gasteiger partial charge in [-0.15, -0.1) is 0 Å². The number of nitrogens with zero attached hydrogens (tertiary/aromatic N) is 1. The molecule has 5 heteroatoms. The Hall–Kier alpha value is -2.53. The molecular weight excluding hydrogens is 376 g/mol. The van der Waals surface area contributed by atoms with Crippen LogP contribution in [-0.4, -0.2) is 37.1 Å². The van der Waals surface area contributed by atoms with Crippen LogP contribution in [-0.2, 0) is 4.79 Å². The number of ether oxygens (including phenoxy) is 2. The number of amides is 1. The third-order valence-electron chi connectivity index (χ3n) is 5.94. The fourth-order valence-corrected chi connectivity index (χ4v) is 4.30. The van der Waals surface area contributed by atoms with Crippen LogP contribution in [0.5, 0.6) is 11.5 Å². The van der Waals surface area contributed by atoms with Gasteiger partial charge >= 0.3 is 0 Å². The summed E-state index contributed by atoms with van der Waals surface area (Å²) in [6.07, 6.45) is 3.06. The van der Waals surface area contributed by atoms with Crippen LogP contribution in [0, 0.1) is 5.92 Å². The van der Waals surface area contributed by atoms with E-state index in [9.17, 15) is 4.79 Å². The number of hydrogen-bond donors (Lipinski definition) is 1. The van der Waals surface area contributed by atoms with E-state index in [0.717, 1.165) is 55.0 Å². The summed E-state index contributed by atoms with van der Waals surface area (Å²) in [7, 11) is 0. The van der Waals surface area contributed by atoms with E-state index in [-0.39, 0.29) is 18.0 Å². The maximum Gasteiger partial charge on any atom is 0.244 e. The molecule has 0 bridgehead atoms. The van der Waals surface area contributed by atoms with Crippen LogP contribution in [0.25, 0.3) is 0 Å². The number of fused-ring (bicyclic) bond motifs is 1. The van der Waals surface area contributed by atoms with Crippen molar-refractivity contribution in [2.24, 2.45) is 5.92 Å². The molecule has 1 amide bonds. The molecule has 2 aromatic carbocycles. The molecule has 0 spiro atoms. The molecule has 1 N–H and O–H groups in total. The fraction of sp³-hybridized carbons (Fsp3) is 0.480. The van der Waals surface area contributed by atoms with Crippen LogP contribution in [0.3, 0.4) is 0 Å². The quantitative estimate of drug-likeness (QED) is 0.765. The van der Waals surface area contributed by atoms with Gasteiger partial charge in [-0.3, -0.25) is 10.1 Å². The van der Waals surface area contributed by atoms with Gasteiger partial charge in [-0.1, -0.05) is 50.2 Å². The number of rotatable bonds is 6. The van der Waals surface area contributed by atoms with Crippen LogP contribution in [0.15, 0.2) is 48.5 Å². The van der Waals surface area contributed by atoms with Gasteiger partial charge in [0.15, 0.2) is 11.5 Å². The standard InChI is InChI=1S/C25H32N2O3/c1-18(2)23(20-11-12-21-22(17-20)30-16-8-15-29-21)26-24(19-9-4-3-5-10-19)25(28)27-13-6-7-14-27/h3-5,9-12,17-18,23-24,26H,6-8,13-16H2,1-2H3/t23-,24-/m1/s1. The number of nitrogens with one attached hydrogen (secondary N) is 1. The highest BCUT2D eigenvalue weighted by atomic mass is 16.5. The summed E-state index contributed by atoms with van der Waals surface area (Å²) in [5.41, 5.74) is 2.12. The van der Waals surface area contributed by atoms with E-state index in [1.54, 1.807) is 0 Å². The van der Waals surface area contributed by atoms with Gasteiger partial charge in [0, 0.05) is 25.6 Å². The normalized spacial score (nSPS) is 18.2. The van der Waals surface area contributed by atoms with Crippen molar-refractivity contribution < 1.29 is 14.3 Å². The molecule has 0 unspecified atom stereocenters. The Labute approximate surface area is 179 Å². The third-order valence-corrected chi connectivity index (χ3v) is 5.94. The second-order valence-electron chi connectivity index (χ2n) is 8.52. The van der Waals surface area contributed by atoms with Gasteiger partial charge in [0.2, 0.25) is 5.91 Å². The number of carbonyl (C=O) groups is 1. The zero-order chi connectivity index (χ0) is 20.9. The van der Waals surface area contributed by atoms with Gasteiger partial charge in [0.05, 0.1) is 13.2 Å². The van der Waals surface area contributed by atoms with Gasteiger partial charge in [0.25, 0.3) is 0 Å². The summed E-state index contributed by atoms with van der Waals surface area (Å²) in [5, 5.41) is 3.70. The molecular formula is C25H32N2O3. The number of carbonyl (C=O) groups excluding carboxylic acids is 1. The van der Waals surface area contributed by atoms with Gasteiger partial charge in [-0.2, -0.15) is 0 Å². The Morgan fingerprint density at radius 2 is 1.60 bits per heavy atom. The van der Waals surface area contributed by atoms with Gasteiger partial charge in [0.1, 0.15) is 6.04 Å². The second-order valence-corrected chi connectivity index (χ2v) is 8.52. The third kappa shape index (κ3) is 4.62. The molecule has 0 aliphatic carbocycles. The summed E-state index contributed by atoms with van der Waals surface area (Å²) in [6.45, 7) is 7.40. The lowest BCUT2D eigenvalue weighted by Gasteiger charge is -2.31. The molecule has 0 aromatic heterocycles. The van der Waals surface area contributed by atoms with Crippen LogP contribution in [0.2, 0.25) is 0 Å². The first-order valence-electron chi connectivity index (χ1n) is 11.1. The van der Waals surface area contributed by atoms with Crippen molar-refractivity contribution in [3.05, 3.63) is 59.7 Å². The first-order chi connectivity index (χ1) is 14.6. The number of likely N-dealkylation sites (tertiary alicyclic amines) is 1. The van der Waals surface area contributed by atoms with E-state index < -0.39 is 0 Å². The van der Waals surface area contributed by atoms with E-state index in [1.807, 2.05) is 41.3 Å². The Bertz CT molecular complexity index is 847. The summed E-state index contributed by atoms with van der Waals surface area (Å²) in [5.74, 6) is 2.05. The van der Waals surface area contributed by atoms with E-state index in [4.69, 9.17) is 9.47 Å². The molecule has 1 fully saturated rings. The molecule has 30 heavy (non-hydrogen) atoms. The second kappa shape index (κ2) is 9.52. The Kier molecular flexibility index (Phi) is 6.58. The minimum absolute atomic E-state index is 0.0129. The Balaban J connectivity index is 1.63. The minimum Gasteiger partial charge on any atom is -0.490 e. The minimum atomic E-state index is -0.368. The predicted octanol–water partition coefficient (Wildman–Crippen LogP) is 4.50. The largest absolute Gasteiger partial charge is 0.490 e. The lowest BCUT2D eigenvalue weighted by atomic mass is 9.93. The zero-order valence-electron chi connectivity index (χ0n) is 18.0. The molecule has 5 nitrogen and oxygen atoms in total. The maximum absolute atomic E-state index is 13.4. The smallest absolute Gasteiger partial charge is 0.244 e. The highest BCUT2D eigenvalue weighted by Gasteiger charge is 2.31. The molecule has 2 aliphatic rings. The molecule has 2 heterocycles. The molecule has 160 valence electrons. The zero-order valence-corrected chi connectivity index (χ0v) is 18.0. The first-order valence-corrected chi connectivity index (χ1v) is 11.1. The fourth-order valence-electron chi connectivity index (χ4n) is 4.30. The van der Waals surface area contributed by atoms with Crippen LogP contribution < -0.4 is 14.8 Å². The van der Waals surface area contributed by atoms with E-state index in [2.05, 4.69) is 31.3 Å². The van der Waals surface area contributed by atoms with Crippen molar-refractivity contribution in [1.29, 1.82) is 0 Å². The van der Waals surface area contributed by atoms with Crippen molar-refractivity contribution in [2.75, 3.05) is 26.3 Å². The maximum atomic E-state index is 13.4. The highest BCUT2D eigenvalue weighted by molar-refractivity contribution is 5.83. The van der Waals surface area contributed by atoms with Crippen molar-refractivity contribution >= 4 is 5.91 Å². The van der Waals surface area contributed by atoms with Gasteiger partial charge in [-0.05, 0) is 42.0 Å². The SMILES string of the molecule is CC(C)[C@@H](N[C@@H](C(=O)N1CCCC1)c1ccccc1)c1ccc2c(c1)OCCCO2. The molecule has 1 saturated heterocycles. The van der Waals surface area contributed by atoms with Crippen LogP contribution >= 0.6 is 0 Å². The van der Waals surface area contributed by atoms with Gasteiger partial charge in [-0.25, -0.2) is 0 Å². The lowest BCUT2D eigenvalue weighted by molar-refractivity contribution is -0.132. The van der Waals surface area contributed by atoms with Gasteiger partial charge < -0.3 is 14.4 Å². The van der Waals surface area contributed by atoms with E-state index >= 15 is 0 Å². The summed E-state index contributed by atoms with van der Waals surface area (Å²) in [4.78, 5) is 15.4. The van der Waals surface area contributed by atoms with Crippen LogP contribution in [0.4, 0.5) is 0 Å². The number of hydrogen-bond acceptors (Lipinski definition) is 4. The van der Waals surface area contributed by atoms with Crippen LogP contribution in [0.1, 0.15) is 56.3 Å². The monoisotopic (exact) mass is 408 g/mol. The highest BCUT2D eigenvalue weighted by Crippen LogP contribution is 2.35. The summed E-state index contributed by atoms with van der Waals surface area (Å²) >= 11 is 0. The average molecular weight is 409 g/mol. The lowest BCUT2D eigenvalue weighted by Crippen LogP contribution is -2.42. The first kappa shape index (κ1) is 20.7. The average Bonchev–Trinajstić information content (AvgIpc) is 3.20. The summed E-state index contributed by atoms with van der Waals surface area (Å²) < 4.78 is 11.7. The molecule has 0 radical (unpaired) electrons. The van der Waals surface area contributed by atoms with E-state index in [0.29, 0.717) is 19.1 Å². The Morgan fingerprint density at radius 1 is 0.900 bits per heavy atom. The Morgan fingerprint density at radius 3 is 2.30 bits per heavy atom. The molecule has 0 saturated carbocycles. The topological polar surface area (TPSA) is 50.8 Å². The molecule has 4 rings (SSSR count).